The summed E-state index contributed by atoms with van der Waals surface area (Å²) in [4.78, 5) is 7.12. The van der Waals surface area contributed by atoms with Crippen LogP contribution in [0.5, 0.6) is 0 Å². The average molecular weight is 351 g/mol. The third-order valence-corrected chi connectivity index (χ3v) is 6.75. The van der Waals surface area contributed by atoms with Crippen LogP contribution in [-0.4, -0.2) is 61.8 Å². The monoisotopic (exact) mass is 350 g/mol. The van der Waals surface area contributed by atoms with Crippen molar-refractivity contribution in [1.82, 2.24) is 15.5 Å². The summed E-state index contributed by atoms with van der Waals surface area (Å²) >= 11 is 0. The van der Waals surface area contributed by atoms with E-state index in [1.807, 2.05) is 7.05 Å². The van der Waals surface area contributed by atoms with E-state index >= 15 is 0 Å². The number of hydrogen-bond donors (Lipinski definition) is 2. The highest BCUT2D eigenvalue weighted by molar-refractivity contribution is 5.80. The molecule has 2 N–H and O–H groups in total. The van der Waals surface area contributed by atoms with E-state index in [0.29, 0.717) is 18.1 Å². The quantitative estimate of drug-likeness (QED) is 0.604. The minimum atomic E-state index is 0.156. The molecule has 0 radical (unpaired) electrons. The highest BCUT2D eigenvalue weighted by Gasteiger charge is 2.58. The number of nitrogens with one attached hydrogen (secondary N) is 2. The van der Waals surface area contributed by atoms with Crippen molar-refractivity contribution >= 4 is 5.96 Å². The van der Waals surface area contributed by atoms with Gasteiger partial charge in [0.1, 0.15) is 0 Å². The molecule has 0 aromatic rings. The molecule has 0 bridgehead atoms. The first-order chi connectivity index (χ1) is 11.9. The Kier molecular flexibility index (Phi) is 5.64. The van der Waals surface area contributed by atoms with Gasteiger partial charge < -0.3 is 15.4 Å². The summed E-state index contributed by atoms with van der Waals surface area (Å²) in [5, 5.41) is 7.30. The van der Waals surface area contributed by atoms with Gasteiger partial charge >= 0.3 is 0 Å². The van der Waals surface area contributed by atoms with Gasteiger partial charge in [-0.3, -0.25) is 9.89 Å². The van der Waals surface area contributed by atoms with E-state index in [1.54, 1.807) is 0 Å². The lowest BCUT2D eigenvalue weighted by atomic mass is 9.55. The highest BCUT2D eigenvalue weighted by Crippen LogP contribution is 2.51. The molecule has 144 valence electrons. The molecule has 0 spiro atoms. The molecule has 2 aliphatic heterocycles. The van der Waals surface area contributed by atoms with Gasteiger partial charge in [0.2, 0.25) is 0 Å². The summed E-state index contributed by atoms with van der Waals surface area (Å²) in [6.45, 7) is 13.6. The molecule has 2 heterocycles. The molecule has 3 unspecified atom stereocenters. The van der Waals surface area contributed by atoms with Gasteiger partial charge in [-0.25, -0.2) is 0 Å². The Morgan fingerprint density at radius 2 is 1.92 bits per heavy atom. The van der Waals surface area contributed by atoms with E-state index < -0.39 is 0 Å². The lowest BCUT2D eigenvalue weighted by Crippen LogP contribution is -2.71. The Bertz CT molecular complexity index is 482. The van der Waals surface area contributed by atoms with E-state index in [4.69, 9.17) is 4.74 Å². The molecule has 3 rings (SSSR count). The average Bonchev–Trinajstić information content (AvgIpc) is 2.62. The number of rotatable bonds is 4. The van der Waals surface area contributed by atoms with Crippen LogP contribution in [0.25, 0.3) is 0 Å². The molecule has 0 aromatic carbocycles. The molecule has 0 amide bonds. The number of piperidine rings is 1. The minimum Gasteiger partial charge on any atom is -0.377 e. The number of aliphatic imine (C=N–C) groups is 1. The minimum absolute atomic E-state index is 0.156. The summed E-state index contributed by atoms with van der Waals surface area (Å²) in [5.74, 6) is 1.56. The van der Waals surface area contributed by atoms with Gasteiger partial charge in [-0.15, -0.1) is 0 Å². The predicted molar refractivity (Wildman–Crippen MR) is 104 cm³/mol. The van der Waals surface area contributed by atoms with Gasteiger partial charge in [-0.2, -0.15) is 0 Å². The summed E-state index contributed by atoms with van der Waals surface area (Å²) in [6, 6.07) is 0.446. The van der Waals surface area contributed by atoms with E-state index in [1.165, 1.54) is 45.2 Å². The smallest absolute Gasteiger partial charge is 0.191 e. The van der Waals surface area contributed by atoms with Crippen LogP contribution in [0.15, 0.2) is 4.99 Å². The van der Waals surface area contributed by atoms with Crippen LogP contribution < -0.4 is 10.6 Å². The topological polar surface area (TPSA) is 48.9 Å². The van der Waals surface area contributed by atoms with E-state index in [2.05, 4.69) is 48.2 Å². The number of hydrogen-bond acceptors (Lipinski definition) is 3. The fourth-order valence-electron chi connectivity index (χ4n) is 5.07. The fourth-order valence-corrected chi connectivity index (χ4v) is 5.07. The van der Waals surface area contributed by atoms with E-state index in [0.717, 1.165) is 19.1 Å². The Balaban J connectivity index is 1.54. The van der Waals surface area contributed by atoms with Gasteiger partial charge in [-0.05, 0) is 52.6 Å². The zero-order valence-corrected chi connectivity index (χ0v) is 16.9. The molecular weight excluding hydrogens is 312 g/mol. The van der Waals surface area contributed by atoms with Gasteiger partial charge in [0, 0.05) is 43.1 Å². The van der Waals surface area contributed by atoms with Crippen molar-refractivity contribution in [3.8, 4) is 0 Å². The van der Waals surface area contributed by atoms with Gasteiger partial charge in [0.25, 0.3) is 0 Å². The van der Waals surface area contributed by atoms with Crippen molar-refractivity contribution < 1.29 is 4.74 Å². The Hall–Kier alpha value is -0.810. The predicted octanol–water partition coefficient (Wildman–Crippen LogP) is 2.62. The normalized spacial score (nSPS) is 33.3. The Morgan fingerprint density at radius 1 is 1.20 bits per heavy atom. The molecule has 5 nitrogen and oxygen atoms in total. The molecule has 0 aromatic heterocycles. The van der Waals surface area contributed by atoms with Crippen molar-refractivity contribution in [3.05, 3.63) is 0 Å². The van der Waals surface area contributed by atoms with Crippen LogP contribution >= 0.6 is 0 Å². The van der Waals surface area contributed by atoms with Crippen molar-refractivity contribution in [2.75, 3.05) is 33.3 Å². The highest BCUT2D eigenvalue weighted by atomic mass is 16.5. The number of ether oxygens (including phenoxy) is 1. The lowest BCUT2D eigenvalue weighted by Gasteiger charge is -2.60. The summed E-state index contributed by atoms with van der Waals surface area (Å²) in [6.07, 6.45) is 6.89. The van der Waals surface area contributed by atoms with Crippen LogP contribution in [0.4, 0.5) is 0 Å². The Labute approximate surface area is 154 Å². The standard InChI is InChI=1S/C20H38N4O/c1-19(2,24-11-7-6-8-12-24)14-22-18(21-5)23-16-15-10-9-13-25-17(15)20(16,3)4/h15-17H,6-14H2,1-5H3,(H2,21,22,23). The Morgan fingerprint density at radius 3 is 2.60 bits per heavy atom. The van der Waals surface area contributed by atoms with Gasteiger partial charge in [-0.1, -0.05) is 20.3 Å². The zero-order chi connectivity index (χ0) is 18.1. The second-order valence-electron chi connectivity index (χ2n) is 9.33. The third kappa shape index (κ3) is 3.82. The van der Waals surface area contributed by atoms with Crippen molar-refractivity contribution in [2.24, 2.45) is 16.3 Å². The largest absolute Gasteiger partial charge is 0.377 e. The molecule has 3 atom stereocenters. The molecule has 3 fully saturated rings. The van der Waals surface area contributed by atoms with Crippen LogP contribution in [0, 0.1) is 11.3 Å². The second-order valence-corrected chi connectivity index (χ2v) is 9.33. The van der Waals surface area contributed by atoms with Crippen molar-refractivity contribution in [2.45, 2.75) is 77.5 Å². The van der Waals surface area contributed by atoms with Gasteiger partial charge in [0.05, 0.1) is 6.10 Å². The first-order valence-electron chi connectivity index (χ1n) is 10.2. The maximum Gasteiger partial charge on any atom is 0.191 e. The molecular formula is C20H38N4O. The first kappa shape index (κ1) is 19.0. The lowest BCUT2D eigenvalue weighted by molar-refractivity contribution is -0.188. The molecule has 2 saturated heterocycles. The van der Waals surface area contributed by atoms with Crippen LogP contribution in [0.2, 0.25) is 0 Å². The van der Waals surface area contributed by atoms with Crippen LogP contribution in [0.3, 0.4) is 0 Å². The summed E-state index contributed by atoms with van der Waals surface area (Å²) in [5.41, 5.74) is 0.328. The maximum atomic E-state index is 6.02. The molecule has 5 heteroatoms. The van der Waals surface area contributed by atoms with Gasteiger partial charge in [0.15, 0.2) is 5.96 Å². The molecule has 3 aliphatic rings. The number of guanidine groups is 1. The number of fused-ring (bicyclic) bond motifs is 1. The van der Waals surface area contributed by atoms with E-state index in [-0.39, 0.29) is 11.0 Å². The maximum absolute atomic E-state index is 6.02. The van der Waals surface area contributed by atoms with Crippen LogP contribution in [-0.2, 0) is 4.74 Å². The van der Waals surface area contributed by atoms with Crippen LogP contribution in [0.1, 0.15) is 59.8 Å². The summed E-state index contributed by atoms with van der Waals surface area (Å²) in [7, 11) is 1.88. The molecule has 25 heavy (non-hydrogen) atoms. The SMILES string of the molecule is CN=C(NCC(C)(C)N1CCCCC1)NC1C2CCCOC2C1(C)C. The fraction of sp³-hybridized carbons (Fsp3) is 0.950. The number of likely N-dealkylation sites (tertiary alicyclic amines) is 1. The third-order valence-electron chi connectivity index (χ3n) is 6.75. The second kappa shape index (κ2) is 7.43. The van der Waals surface area contributed by atoms with E-state index in [9.17, 15) is 0 Å². The number of nitrogens with zero attached hydrogens (tertiary/aromatic N) is 2. The first-order valence-corrected chi connectivity index (χ1v) is 10.2. The zero-order valence-electron chi connectivity index (χ0n) is 16.9. The van der Waals surface area contributed by atoms with Crippen molar-refractivity contribution in [1.29, 1.82) is 0 Å². The van der Waals surface area contributed by atoms with Crippen molar-refractivity contribution in [3.63, 3.8) is 0 Å². The molecule has 1 aliphatic carbocycles. The summed E-state index contributed by atoms with van der Waals surface area (Å²) < 4.78 is 6.02. The molecule has 1 saturated carbocycles.